The summed E-state index contributed by atoms with van der Waals surface area (Å²) in [6.07, 6.45) is 0. The largest absolute Gasteiger partial charge is 0.389 e. The fraction of sp³-hybridized carbons (Fsp3) is 0.462. The average molecular weight is 301 g/mol. The zero-order valence-electron chi connectivity index (χ0n) is 11.6. The molecule has 1 amide bonds. The van der Waals surface area contributed by atoms with E-state index in [-0.39, 0.29) is 22.8 Å². The van der Waals surface area contributed by atoms with E-state index in [1.807, 2.05) is 0 Å². The second-order valence-corrected chi connectivity index (χ2v) is 5.49. The number of hydrogen-bond acceptors (Lipinski definition) is 4. The first-order valence-electron chi connectivity index (χ1n) is 6.11. The maximum atomic E-state index is 12.4. The fourth-order valence-corrected chi connectivity index (χ4v) is 1.98. The number of aliphatic hydroxyl groups is 1. The summed E-state index contributed by atoms with van der Waals surface area (Å²) in [5.41, 5.74) is -1.46. The van der Waals surface area contributed by atoms with Crippen LogP contribution in [0.4, 0.5) is 5.69 Å². The molecule has 0 saturated carbocycles. The molecule has 7 heteroatoms. The van der Waals surface area contributed by atoms with Crippen LogP contribution in [0.25, 0.3) is 0 Å². The number of halogens is 1. The van der Waals surface area contributed by atoms with Gasteiger partial charge in [-0.15, -0.1) is 0 Å². The highest BCUT2D eigenvalue weighted by Gasteiger charge is 2.27. The highest BCUT2D eigenvalue weighted by molar-refractivity contribution is 6.31. The number of nitro benzene ring substituents is 1. The molecule has 0 saturated heterocycles. The number of likely N-dealkylation sites (N-methyl/N-ethyl adjacent to an activating group) is 1. The van der Waals surface area contributed by atoms with Crippen molar-refractivity contribution in [2.75, 3.05) is 13.1 Å². The van der Waals surface area contributed by atoms with Crippen LogP contribution in [-0.4, -0.2) is 39.5 Å². The third-order valence-corrected chi connectivity index (χ3v) is 2.87. The van der Waals surface area contributed by atoms with Gasteiger partial charge in [-0.2, -0.15) is 0 Å². The van der Waals surface area contributed by atoms with E-state index in [4.69, 9.17) is 11.6 Å². The first-order chi connectivity index (χ1) is 9.15. The molecule has 0 bridgehead atoms. The van der Waals surface area contributed by atoms with E-state index in [1.54, 1.807) is 20.8 Å². The van der Waals surface area contributed by atoms with Crippen LogP contribution in [0.1, 0.15) is 31.1 Å². The summed E-state index contributed by atoms with van der Waals surface area (Å²) in [6.45, 7) is 5.27. The molecule has 0 aliphatic heterocycles. The SMILES string of the molecule is CCN(CC(C)(C)O)C(=O)c1cc(Cl)ccc1[N+](=O)[O-]. The zero-order chi connectivity index (χ0) is 15.5. The summed E-state index contributed by atoms with van der Waals surface area (Å²) < 4.78 is 0. The Balaban J connectivity index is 3.18. The molecule has 0 atom stereocenters. The van der Waals surface area contributed by atoms with Gasteiger partial charge in [0.25, 0.3) is 11.6 Å². The molecule has 0 aromatic heterocycles. The van der Waals surface area contributed by atoms with Crippen molar-refractivity contribution in [2.45, 2.75) is 26.4 Å². The minimum atomic E-state index is -1.08. The fourth-order valence-electron chi connectivity index (χ4n) is 1.80. The lowest BCUT2D eigenvalue weighted by molar-refractivity contribution is -0.385. The van der Waals surface area contributed by atoms with Crippen LogP contribution < -0.4 is 0 Å². The molecule has 1 N–H and O–H groups in total. The molecule has 0 radical (unpaired) electrons. The molecule has 0 aliphatic carbocycles. The first kappa shape index (κ1) is 16.4. The molecule has 6 nitrogen and oxygen atoms in total. The van der Waals surface area contributed by atoms with Crippen LogP contribution in [0.15, 0.2) is 18.2 Å². The number of rotatable bonds is 5. The Morgan fingerprint density at radius 1 is 1.50 bits per heavy atom. The van der Waals surface area contributed by atoms with Crippen molar-refractivity contribution in [3.63, 3.8) is 0 Å². The number of carbonyl (C=O) groups is 1. The van der Waals surface area contributed by atoms with Gasteiger partial charge in [0.05, 0.1) is 10.5 Å². The Kier molecular flexibility index (Phi) is 5.08. The van der Waals surface area contributed by atoms with Gasteiger partial charge in [-0.1, -0.05) is 11.6 Å². The van der Waals surface area contributed by atoms with Crippen molar-refractivity contribution >= 4 is 23.2 Å². The summed E-state index contributed by atoms with van der Waals surface area (Å²) in [4.78, 5) is 24.1. The monoisotopic (exact) mass is 300 g/mol. The third kappa shape index (κ3) is 4.18. The number of hydrogen-bond donors (Lipinski definition) is 1. The minimum absolute atomic E-state index is 0.0754. The molecule has 1 aromatic carbocycles. The summed E-state index contributed by atoms with van der Waals surface area (Å²) in [6, 6.07) is 3.84. The highest BCUT2D eigenvalue weighted by atomic mass is 35.5. The summed E-state index contributed by atoms with van der Waals surface area (Å²) in [5, 5.41) is 21.0. The average Bonchev–Trinajstić information content (AvgIpc) is 2.33. The predicted molar refractivity (Wildman–Crippen MR) is 76.0 cm³/mol. The van der Waals surface area contributed by atoms with E-state index in [2.05, 4.69) is 0 Å². The van der Waals surface area contributed by atoms with Crippen molar-refractivity contribution in [1.29, 1.82) is 0 Å². The molecule has 0 aliphatic rings. The molecule has 0 unspecified atom stereocenters. The van der Waals surface area contributed by atoms with Crippen molar-refractivity contribution in [1.82, 2.24) is 4.90 Å². The smallest absolute Gasteiger partial charge is 0.282 e. The summed E-state index contributed by atoms with van der Waals surface area (Å²) in [7, 11) is 0. The number of nitro groups is 1. The van der Waals surface area contributed by atoms with Gasteiger partial charge in [0.15, 0.2) is 0 Å². The number of nitrogens with zero attached hydrogens (tertiary/aromatic N) is 2. The van der Waals surface area contributed by atoms with Gasteiger partial charge in [0.2, 0.25) is 0 Å². The normalized spacial score (nSPS) is 11.2. The molecule has 0 heterocycles. The third-order valence-electron chi connectivity index (χ3n) is 2.63. The van der Waals surface area contributed by atoms with E-state index in [9.17, 15) is 20.0 Å². The Morgan fingerprint density at radius 2 is 2.10 bits per heavy atom. The minimum Gasteiger partial charge on any atom is -0.389 e. The standard InChI is InChI=1S/C13H17ClN2O4/c1-4-15(8-13(2,3)18)12(17)10-7-9(14)5-6-11(10)16(19)20/h5-7,18H,4,8H2,1-3H3. The predicted octanol–water partition coefficient (Wildman–Crippen LogP) is 2.48. The van der Waals surface area contributed by atoms with Crippen LogP contribution in [-0.2, 0) is 0 Å². The topological polar surface area (TPSA) is 83.7 Å². The summed E-state index contributed by atoms with van der Waals surface area (Å²) in [5.74, 6) is -0.524. The maximum absolute atomic E-state index is 12.4. The second-order valence-electron chi connectivity index (χ2n) is 5.05. The van der Waals surface area contributed by atoms with Crippen LogP contribution in [0.3, 0.4) is 0 Å². The second kappa shape index (κ2) is 6.19. The Hall–Kier alpha value is -1.66. The van der Waals surface area contributed by atoms with Crippen molar-refractivity contribution in [3.8, 4) is 0 Å². The molecule has 1 aromatic rings. The van der Waals surface area contributed by atoms with E-state index in [1.165, 1.54) is 23.1 Å². The molecule has 0 fully saturated rings. The molecule has 0 spiro atoms. The van der Waals surface area contributed by atoms with E-state index in [0.29, 0.717) is 6.54 Å². The van der Waals surface area contributed by atoms with Gasteiger partial charge in [-0.05, 0) is 32.9 Å². The van der Waals surface area contributed by atoms with Gasteiger partial charge < -0.3 is 10.0 Å². The van der Waals surface area contributed by atoms with E-state index >= 15 is 0 Å². The highest BCUT2D eigenvalue weighted by Crippen LogP contribution is 2.24. The maximum Gasteiger partial charge on any atom is 0.282 e. The number of amides is 1. The van der Waals surface area contributed by atoms with Crippen molar-refractivity contribution in [3.05, 3.63) is 38.9 Å². The Labute approximate surface area is 122 Å². The van der Waals surface area contributed by atoms with Crippen LogP contribution in [0, 0.1) is 10.1 Å². The van der Waals surface area contributed by atoms with Crippen LogP contribution in [0.2, 0.25) is 5.02 Å². The van der Waals surface area contributed by atoms with E-state index < -0.39 is 16.4 Å². The number of benzene rings is 1. The van der Waals surface area contributed by atoms with Crippen molar-refractivity contribution in [2.24, 2.45) is 0 Å². The van der Waals surface area contributed by atoms with Crippen molar-refractivity contribution < 1.29 is 14.8 Å². The molecule has 1 rings (SSSR count). The Morgan fingerprint density at radius 3 is 2.55 bits per heavy atom. The van der Waals surface area contributed by atoms with Gasteiger partial charge in [0.1, 0.15) is 5.56 Å². The Bertz CT molecular complexity index is 526. The summed E-state index contributed by atoms with van der Waals surface area (Å²) >= 11 is 5.80. The molecular formula is C13H17ClN2O4. The van der Waals surface area contributed by atoms with Gasteiger partial charge in [0, 0.05) is 24.2 Å². The lowest BCUT2D eigenvalue weighted by Gasteiger charge is -2.28. The van der Waals surface area contributed by atoms with E-state index in [0.717, 1.165) is 0 Å². The molecule has 110 valence electrons. The number of carbonyl (C=O) groups excluding carboxylic acids is 1. The lowest BCUT2D eigenvalue weighted by atomic mass is 10.1. The molecule has 20 heavy (non-hydrogen) atoms. The first-order valence-corrected chi connectivity index (χ1v) is 6.49. The van der Waals surface area contributed by atoms with Crippen LogP contribution >= 0.6 is 11.6 Å². The van der Waals surface area contributed by atoms with Gasteiger partial charge in [-0.25, -0.2) is 0 Å². The molecular weight excluding hydrogens is 284 g/mol. The van der Waals surface area contributed by atoms with Gasteiger partial charge >= 0.3 is 0 Å². The van der Waals surface area contributed by atoms with Gasteiger partial charge in [-0.3, -0.25) is 14.9 Å². The quantitative estimate of drug-likeness (QED) is 0.669. The lowest BCUT2D eigenvalue weighted by Crippen LogP contribution is -2.42. The zero-order valence-corrected chi connectivity index (χ0v) is 12.3. The van der Waals surface area contributed by atoms with Crippen LogP contribution in [0.5, 0.6) is 0 Å².